The third-order valence-electron chi connectivity index (χ3n) is 3.32. The van der Waals surface area contributed by atoms with Crippen LogP contribution in [0.25, 0.3) is 12.2 Å². The Morgan fingerprint density at radius 1 is 0.944 bits per heavy atom. The maximum atomic E-state index is 10.6. The summed E-state index contributed by atoms with van der Waals surface area (Å²) >= 11 is 1.70. The summed E-state index contributed by atoms with van der Waals surface area (Å²) in [5.41, 5.74) is 4.15. The molecular formula is C16H14OS. The van der Waals surface area contributed by atoms with Gasteiger partial charge < -0.3 is 5.11 Å². The molecule has 0 unspecified atom stereocenters. The fourth-order valence-corrected chi connectivity index (χ4v) is 2.78. The Morgan fingerprint density at radius 2 is 1.67 bits per heavy atom. The van der Waals surface area contributed by atoms with Crippen molar-refractivity contribution in [2.45, 2.75) is 11.0 Å². The van der Waals surface area contributed by atoms with Crippen molar-refractivity contribution in [1.29, 1.82) is 0 Å². The van der Waals surface area contributed by atoms with E-state index in [0.717, 1.165) is 22.3 Å². The van der Waals surface area contributed by atoms with Crippen LogP contribution in [0.15, 0.2) is 47.4 Å². The van der Waals surface area contributed by atoms with Crippen molar-refractivity contribution in [3.8, 4) is 0 Å². The van der Waals surface area contributed by atoms with E-state index in [9.17, 15) is 5.11 Å². The van der Waals surface area contributed by atoms with Crippen molar-refractivity contribution in [2.24, 2.45) is 0 Å². The minimum Gasteiger partial charge on any atom is -0.384 e. The number of hydrogen-bond donors (Lipinski definition) is 1. The van der Waals surface area contributed by atoms with E-state index in [2.05, 4.69) is 36.6 Å². The number of fused-ring (bicyclic) bond motifs is 2. The van der Waals surface area contributed by atoms with Crippen LogP contribution in [0.5, 0.6) is 0 Å². The van der Waals surface area contributed by atoms with Gasteiger partial charge in [0.15, 0.2) is 0 Å². The molecule has 0 saturated carbocycles. The smallest absolute Gasteiger partial charge is 0.105 e. The predicted octanol–water partition coefficient (Wildman–Crippen LogP) is 3.97. The number of aliphatic hydroxyl groups excluding tert-OH is 1. The van der Waals surface area contributed by atoms with Gasteiger partial charge in [-0.25, -0.2) is 0 Å². The van der Waals surface area contributed by atoms with Crippen molar-refractivity contribution in [3.63, 3.8) is 0 Å². The van der Waals surface area contributed by atoms with Crippen LogP contribution in [0.3, 0.4) is 0 Å². The van der Waals surface area contributed by atoms with Gasteiger partial charge in [0, 0.05) is 4.90 Å². The minimum absolute atomic E-state index is 0.543. The summed E-state index contributed by atoms with van der Waals surface area (Å²) in [7, 11) is 0. The molecular weight excluding hydrogens is 240 g/mol. The van der Waals surface area contributed by atoms with Crippen molar-refractivity contribution in [3.05, 3.63) is 64.7 Å². The summed E-state index contributed by atoms with van der Waals surface area (Å²) in [4.78, 5) is 1.18. The van der Waals surface area contributed by atoms with E-state index < -0.39 is 6.10 Å². The molecule has 0 heterocycles. The lowest BCUT2D eigenvalue weighted by molar-refractivity contribution is 0.220. The third-order valence-corrected chi connectivity index (χ3v) is 4.05. The lowest BCUT2D eigenvalue weighted by atomic mass is 9.97. The molecule has 1 aliphatic rings. The topological polar surface area (TPSA) is 20.2 Å². The van der Waals surface area contributed by atoms with Gasteiger partial charge in [0.25, 0.3) is 0 Å². The highest BCUT2D eigenvalue weighted by Gasteiger charge is 2.18. The number of thioether (sulfide) groups is 1. The fraction of sp³-hybridized carbons (Fsp3) is 0.125. The summed E-state index contributed by atoms with van der Waals surface area (Å²) in [5, 5.41) is 10.6. The van der Waals surface area contributed by atoms with Crippen LogP contribution >= 0.6 is 11.8 Å². The monoisotopic (exact) mass is 254 g/mol. The first kappa shape index (κ1) is 11.6. The van der Waals surface area contributed by atoms with Gasteiger partial charge >= 0.3 is 0 Å². The predicted molar refractivity (Wildman–Crippen MR) is 77.7 cm³/mol. The Kier molecular flexibility index (Phi) is 2.98. The molecule has 0 saturated heterocycles. The lowest BCUT2D eigenvalue weighted by Crippen LogP contribution is -2.02. The van der Waals surface area contributed by atoms with Gasteiger partial charge in [-0.15, -0.1) is 11.8 Å². The van der Waals surface area contributed by atoms with E-state index in [4.69, 9.17) is 0 Å². The Hall–Kier alpha value is -1.51. The summed E-state index contributed by atoms with van der Waals surface area (Å²) in [6.07, 6.45) is 5.66. The van der Waals surface area contributed by atoms with Crippen LogP contribution < -0.4 is 0 Å². The van der Waals surface area contributed by atoms with E-state index in [1.54, 1.807) is 11.8 Å². The minimum atomic E-state index is -0.543. The van der Waals surface area contributed by atoms with Gasteiger partial charge in [0.2, 0.25) is 0 Å². The molecule has 0 aliphatic heterocycles. The first-order valence-electron chi connectivity index (χ1n) is 5.92. The van der Waals surface area contributed by atoms with E-state index in [0.29, 0.717) is 0 Å². The molecule has 0 bridgehead atoms. The lowest BCUT2D eigenvalue weighted by Gasteiger charge is -2.15. The first-order chi connectivity index (χ1) is 8.79. The van der Waals surface area contributed by atoms with Gasteiger partial charge in [0.05, 0.1) is 0 Å². The zero-order valence-electron chi connectivity index (χ0n) is 10.1. The molecule has 1 atom stereocenters. The second kappa shape index (κ2) is 4.63. The maximum absolute atomic E-state index is 10.6. The SMILES string of the molecule is CSc1ccc2c(c1)[C@@H](O)c1ccccc1C=C2. The molecule has 0 fully saturated rings. The van der Waals surface area contributed by atoms with E-state index >= 15 is 0 Å². The Bertz CT molecular complexity index is 616. The van der Waals surface area contributed by atoms with Gasteiger partial charge in [-0.1, -0.05) is 42.5 Å². The van der Waals surface area contributed by atoms with E-state index in [-0.39, 0.29) is 0 Å². The number of aliphatic hydroxyl groups is 1. The van der Waals surface area contributed by atoms with Gasteiger partial charge in [-0.05, 0) is 40.6 Å². The highest BCUT2D eigenvalue weighted by Crippen LogP contribution is 2.34. The zero-order chi connectivity index (χ0) is 12.5. The van der Waals surface area contributed by atoms with Gasteiger partial charge in [-0.3, -0.25) is 0 Å². The van der Waals surface area contributed by atoms with Crippen LogP contribution in [0.1, 0.15) is 28.4 Å². The number of rotatable bonds is 1. The molecule has 3 rings (SSSR count). The molecule has 2 aromatic rings. The zero-order valence-corrected chi connectivity index (χ0v) is 10.9. The largest absolute Gasteiger partial charge is 0.384 e. The molecule has 0 aromatic heterocycles. The molecule has 2 aromatic carbocycles. The summed E-state index contributed by atoms with van der Waals surface area (Å²) < 4.78 is 0. The summed E-state index contributed by atoms with van der Waals surface area (Å²) in [5.74, 6) is 0. The first-order valence-corrected chi connectivity index (χ1v) is 7.15. The average molecular weight is 254 g/mol. The average Bonchev–Trinajstić information content (AvgIpc) is 2.57. The van der Waals surface area contributed by atoms with Crippen LogP contribution in [-0.4, -0.2) is 11.4 Å². The molecule has 0 amide bonds. The standard InChI is InChI=1S/C16H14OS/c1-18-13-9-8-12-7-6-11-4-2-3-5-14(11)16(17)15(12)10-13/h2-10,16-17H,1H3/t16-/m0/s1. The molecule has 18 heavy (non-hydrogen) atoms. The summed E-state index contributed by atoms with van der Waals surface area (Å²) in [6, 6.07) is 14.3. The van der Waals surface area contributed by atoms with Crippen LogP contribution in [0.4, 0.5) is 0 Å². The highest BCUT2D eigenvalue weighted by atomic mass is 32.2. The fourth-order valence-electron chi connectivity index (χ4n) is 2.33. The third kappa shape index (κ3) is 1.88. The highest BCUT2D eigenvalue weighted by molar-refractivity contribution is 7.98. The van der Waals surface area contributed by atoms with Crippen LogP contribution in [0, 0.1) is 0 Å². The normalized spacial score (nSPS) is 16.9. The Balaban J connectivity index is 2.20. The van der Waals surface area contributed by atoms with Gasteiger partial charge in [0.1, 0.15) is 6.10 Å². The molecule has 1 nitrogen and oxygen atoms in total. The van der Waals surface area contributed by atoms with Crippen LogP contribution in [-0.2, 0) is 0 Å². The van der Waals surface area contributed by atoms with E-state index in [1.807, 2.05) is 24.3 Å². The van der Waals surface area contributed by atoms with Gasteiger partial charge in [-0.2, -0.15) is 0 Å². The Morgan fingerprint density at radius 3 is 2.44 bits per heavy atom. The van der Waals surface area contributed by atoms with Crippen molar-refractivity contribution in [1.82, 2.24) is 0 Å². The molecule has 2 heteroatoms. The van der Waals surface area contributed by atoms with Crippen molar-refractivity contribution < 1.29 is 5.11 Å². The van der Waals surface area contributed by atoms with Crippen LogP contribution in [0.2, 0.25) is 0 Å². The molecule has 0 spiro atoms. The van der Waals surface area contributed by atoms with Crippen molar-refractivity contribution >= 4 is 23.9 Å². The molecule has 0 radical (unpaired) electrons. The number of benzene rings is 2. The maximum Gasteiger partial charge on any atom is 0.105 e. The second-order valence-electron chi connectivity index (χ2n) is 4.36. The quantitative estimate of drug-likeness (QED) is 0.777. The molecule has 1 N–H and O–H groups in total. The van der Waals surface area contributed by atoms with Crippen molar-refractivity contribution in [2.75, 3.05) is 6.26 Å². The summed E-state index contributed by atoms with van der Waals surface area (Å²) in [6.45, 7) is 0. The Labute approximate surface area is 111 Å². The molecule has 90 valence electrons. The molecule has 1 aliphatic carbocycles. The van der Waals surface area contributed by atoms with E-state index in [1.165, 1.54) is 4.90 Å². The number of hydrogen-bond acceptors (Lipinski definition) is 2. The second-order valence-corrected chi connectivity index (χ2v) is 5.24.